The van der Waals surface area contributed by atoms with Crippen LogP contribution < -0.4 is 0 Å². The number of thioether (sulfide) groups is 1. The fourth-order valence-corrected chi connectivity index (χ4v) is 3.84. The molecule has 134 valence electrons. The molecule has 0 spiro atoms. The van der Waals surface area contributed by atoms with Gasteiger partial charge in [0.2, 0.25) is 0 Å². The Morgan fingerprint density at radius 2 is 1.92 bits per heavy atom. The summed E-state index contributed by atoms with van der Waals surface area (Å²) < 4.78 is 2.05. The predicted molar refractivity (Wildman–Crippen MR) is 107 cm³/mol. The second-order valence-electron chi connectivity index (χ2n) is 6.05. The number of aryl methyl sites for hydroxylation is 1. The van der Waals surface area contributed by atoms with Crippen molar-refractivity contribution in [1.82, 2.24) is 14.8 Å². The molecular weight excluding hydrogens is 366 g/mol. The number of carbonyl (C=O) groups excluding carboxylic acids is 1. The molecule has 0 radical (unpaired) electrons. The lowest BCUT2D eigenvalue weighted by Gasteiger charge is -2.12. The summed E-state index contributed by atoms with van der Waals surface area (Å²) in [4.78, 5) is 12.7. The summed E-state index contributed by atoms with van der Waals surface area (Å²) in [5.74, 6) is 0.874. The van der Waals surface area contributed by atoms with Gasteiger partial charge in [-0.15, -0.1) is 10.2 Å². The normalized spacial score (nSPS) is 12.2. The van der Waals surface area contributed by atoms with Crippen LogP contribution >= 0.6 is 23.4 Å². The van der Waals surface area contributed by atoms with E-state index in [1.807, 2.05) is 23.6 Å². The van der Waals surface area contributed by atoms with Crippen molar-refractivity contribution in [2.45, 2.75) is 37.7 Å². The van der Waals surface area contributed by atoms with Crippen LogP contribution in [0.2, 0.25) is 5.02 Å². The molecule has 0 amide bonds. The van der Waals surface area contributed by atoms with Gasteiger partial charge in [0.1, 0.15) is 0 Å². The summed E-state index contributed by atoms with van der Waals surface area (Å²) in [7, 11) is 0. The van der Waals surface area contributed by atoms with E-state index in [2.05, 4.69) is 36.2 Å². The van der Waals surface area contributed by atoms with E-state index in [0.29, 0.717) is 10.6 Å². The Morgan fingerprint density at radius 3 is 2.58 bits per heavy atom. The van der Waals surface area contributed by atoms with Crippen molar-refractivity contribution in [3.05, 3.63) is 64.7 Å². The van der Waals surface area contributed by atoms with Crippen molar-refractivity contribution in [2.24, 2.45) is 0 Å². The lowest BCUT2D eigenvalue weighted by molar-refractivity contribution is 0.0994. The van der Waals surface area contributed by atoms with Gasteiger partial charge < -0.3 is 4.57 Å². The van der Waals surface area contributed by atoms with Crippen LogP contribution in [0.3, 0.4) is 0 Å². The topological polar surface area (TPSA) is 47.8 Å². The second-order valence-corrected chi connectivity index (χ2v) is 7.80. The van der Waals surface area contributed by atoms with Crippen molar-refractivity contribution in [3.63, 3.8) is 0 Å². The van der Waals surface area contributed by atoms with Crippen LogP contribution in [0.25, 0.3) is 11.4 Å². The summed E-state index contributed by atoms with van der Waals surface area (Å²) in [6.07, 6.45) is 0. The highest BCUT2D eigenvalue weighted by Gasteiger charge is 2.21. The Bertz CT molecular complexity index is 921. The van der Waals surface area contributed by atoms with E-state index in [0.717, 1.165) is 23.1 Å². The van der Waals surface area contributed by atoms with Crippen LogP contribution in [0, 0.1) is 6.92 Å². The van der Waals surface area contributed by atoms with E-state index in [4.69, 9.17) is 11.6 Å². The number of benzene rings is 2. The van der Waals surface area contributed by atoms with E-state index in [1.54, 1.807) is 24.3 Å². The third-order valence-electron chi connectivity index (χ3n) is 4.09. The Balaban J connectivity index is 1.83. The predicted octanol–water partition coefficient (Wildman–Crippen LogP) is 5.29. The first-order valence-electron chi connectivity index (χ1n) is 8.46. The molecular formula is C20H20ClN3OS. The van der Waals surface area contributed by atoms with Gasteiger partial charge in [-0.25, -0.2) is 0 Å². The zero-order chi connectivity index (χ0) is 18.7. The quantitative estimate of drug-likeness (QED) is 0.427. The molecule has 1 atom stereocenters. The highest BCUT2D eigenvalue weighted by atomic mass is 35.5. The number of Topliss-reactive ketones (excluding diaryl/α,β-unsaturated/α-hetero) is 1. The molecule has 0 aliphatic carbocycles. The minimum absolute atomic E-state index is 0.0504. The number of rotatable bonds is 6. The summed E-state index contributed by atoms with van der Waals surface area (Å²) in [5.41, 5.74) is 2.85. The van der Waals surface area contributed by atoms with E-state index < -0.39 is 0 Å². The van der Waals surface area contributed by atoms with Crippen LogP contribution in [-0.2, 0) is 6.54 Å². The highest BCUT2D eigenvalue weighted by molar-refractivity contribution is 8.00. The van der Waals surface area contributed by atoms with Crippen molar-refractivity contribution in [2.75, 3.05) is 0 Å². The molecule has 1 heterocycles. The number of halogens is 1. The van der Waals surface area contributed by atoms with Crippen molar-refractivity contribution in [3.8, 4) is 11.4 Å². The van der Waals surface area contributed by atoms with Gasteiger partial charge in [-0.3, -0.25) is 4.79 Å². The average molecular weight is 386 g/mol. The van der Waals surface area contributed by atoms with Crippen LogP contribution in [0.15, 0.2) is 53.7 Å². The largest absolute Gasteiger partial charge is 0.302 e. The van der Waals surface area contributed by atoms with Gasteiger partial charge in [0.05, 0.1) is 5.25 Å². The summed E-state index contributed by atoms with van der Waals surface area (Å²) in [6.45, 7) is 6.74. The van der Waals surface area contributed by atoms with E-state index in [-0.39, 0.29) is 11.0 Å². The average Bonchev–Trinajstić information content (AvgIpc) is 3.04. The molecule has 0 saturated carbocycles. The molecule has 4 nitrogen and oxygen atoms in total. The third kappa shape index (κ3) is 4.00. The molecule has 0 aliphatic rings. The molecule has 0 aliphatic heterocycles. The monoisotopic (exact) mass is 385 g/mol. The van der Waals surface area contributed by atoms with Crippen LogP contribution in [0.5, 0.6) is 0 Å². The lowest BCUT2D eigenvalue weighted by Crippen LogP contribution is -2.14. The molecule has 3 aromatic rings. The van der Waals surface area contributed by atoms with Gasteiger partial charge in [0, 0.05) is 22.7 Å². The number of hydrogen-bond acceptors (Lipinski definition) is 4. The van der Waals surface area contributed by atoms with E-state index >= 15 is 0 Å². The third-order valence-corrected chi connectivity index (χ3v) is 5.42. The SMILES string of the molecule is CCn1c(SC(C)C(=O)c2ccc(Cl)cc2)nnc1-c1cccc(C)c1. The van der Waals surface area contributed by atoms with Crippen molar-refractivity contribution >= 4 is 29.1 Å². The van der Waals surface area contributed by atoms with Gasteiger partial charge in [-0.05, 0) is 51.1 Å². The number of hydrogen-bond donors (Lipinski definition) is 0. The van der Waals surface area contributed by atoms with Gasteiger partial charge in [0.15, 0.2) is 16.8 Å². The van der Waals surface area contributed by atoms with Gasteiger partial charge in [-0.1, -0.05) is 47.1 Å². The first-order chi connectivity index (χ1) is 12.5. The Kier molecular flexibility index (Phi) is 5.79. The fourth-order valence-electron chi connectivity index (χ4n) is 2.72. The van der Waals surface area contributed by atoms with E-state index in [9.17, 15) is 4.79 Å². The fraction of sp³-hybridized carbons (Fsp3) is 0.250. The lowest BCUT2D eigenvalue weighted by atomic mass is 10.1. The maximum absolute atomic E-state index is 12.7. The van der Waals surface area contributed by atoms with Crippen molar-refractivity contribution in [1.29, 1.82) is 0 Å². The first-order valence-corrected chi connectivity index (χ1v) is 9.72. The maximum Gasteiger partial charge on any atom is 0.192 e. The number of nitrogens with zero attached hydrogens (tertiary/aromatic N) is 3. The van der Waals surface area contributed by atoms with Crippen LogP contribution in [-0.4, -0.2) is 25.8 Å². The highest BCUT2D eigenvalue weighted by Crippen LogP contribution is 2.28. The Hall–Kier alpha value is -2.11. The number of carbonyl (C=O) groups is 1. The van der Waals surface area contributed by atoms with Gasteiger partial charge in [0.25, 0.3) is 0 Å². The summed E-state index contributed by atoms with van der Waals surface area (Å²) in [6, 6.07) is 15.2. The number of aromatic nitrogens is 3. The van der Waals surface area contributed by atoms with Crippen LogP contribution in [0.4, 0.5) is 0 Å². The van der Waals surface area contributed by atoms with Crippen LogP contribution in [0.1, 0.15) is 29.8 Å². The Morgan fingerprint density at radius 1 is 1.19 bits per heavy atom. The molecule has 26 heavy (non-hydrogen) atoms. The maximum atomic E-state index is 12.7. The molecule has 3 rings (SSSR count). The molecule has 0 N–H and O–H groups in total. The second kappa shape index (κ2) is 8.06. The smallest absolute Gasteiger partial charge is 0.192 e. The molecule has 6 heteroatoms. The molecule has 2 aromatic carbocycles. The first kappa shape index (κ1) is 18.7. The molecule has 1 unspecified atom stereocenters. The summed E-state index contributed by atoms with van der Waals surface area (Å²) in [5, 5.41) is 9.79. The van der Waals surface area contributed by atoms with E-state index in [1.165, 1.54) is 17.3 Å². The minimum atomic E-state index is -0.268. The molecule has 0 saturated heterocycles. The Labute approximate surface area is 162 Å². The molecule has 0 fully saturated rings. The van der Waals surface area contributed by atoms with Gasteiger partial charge in [-0.2, -0.15) is 0 Å². The molecule has 0 bridgehead atoms. The standard InChI is InChI=1S/C20H20ClN3OS/c1-4-24-19(16-7-5-6-13(2)12-16)22-23-20(24)26-14(3)18(25)15-8-10-17(21)11-9-15/h5-12,14H,4H2,1-3H3. The van der Waals surface area contributed by atoms with Gasteiger partial charge >= 0.3 is 0 Å². The summed E-state index contributed by atoms with van der Waals surface area (Å²) >= 11 is 7.33. The zero-order valence-corrected chi connectivity index (χ0v) is 16.5. The van der Waals surface area contributed by atoms with Crippen molar-refractivity contribution < 1.29 is 4.79 Å². The molecule has 1 aromatic heterocycles. The number of ketones is 1. The zero-order valence-electron chi connectivity index (χ0n) is 14.9. The minimum Gasteiger partial charge on any atom is -0.302 e.